The van der Waals surface area contributed by atoms with E-state index >= 15 is 0 Å². The number of likely N-dealkylation sites (tertiary alicyclic amines) is 1. The number of carbonyl (C=O) groups excluding carboxylic acids is 1. The maximum atomic E-state index is 13.7. The fourth-order valence-electron chi connectivity index (χ4n) is 2.39. The first-order valence-electron chi connectivity index (χ1n) is 6.50. The van der Waals surface area contributed by atoms with Crippen LogP contribution in [0.4, 0.5) is 14.9 Å². The van der Waals surface area contributed by atoms with Crippen molar-refractivity contribution < 1.29 is 19.1 Å². The van der Waals surface area contributed by atoms with Crippen LogP contribution in [0.5, 0.6) is 0 Å². The van der Waals surface area contributed by atoms with Crippen molar-refractivity contribution in [2.45, 2.75) is 12.8 Å². The van der Waals surface area contributed by atoms with Gasteiger partial charge in [-0.15, -0.1) is 0 Å². The van der Waals surface area contributed by atoms with Gasteiger partial charge < -0.3 is 10.0 Å². The Morgan fingerprint density at radius 3 is 2.75 bits per heavy atom. The molecule has 0 saturated carbocycles. The Balaban J connectivity index is 2.11. The minimum absolute atomic E-state index is 0.174. The van der Waals surface area contributed by atoms with E-state index < -0.39 is 17.7 Å². The van der Waals surface area contributed by atoms with Gasteiger partial charge in [-0.1, -0.05) is 12.1 Å². The number of anilines is 1. The predicted molar refractivity (Wildman–Crippen MR) is 72.1 cm³/mol. The summed E-state index contributed by atoms with van der Waals surface area (Å²) in [7, 11) is 1.49. The minimum atomic E-state index is -0.893. The zero-order chi connectivity index (χ0) is 14.7. The van der Waals surface area contributed by atoms with Crippen molar-refractivity contribution in [3.63, 3.8) is 0 Å². The minimum Gasteiger partial charge on any atom is -0.481 e. The predicted octanol–water partition coefficient (Wildman–Crippen LogP) is 2.18. The Bertz CT molecular complexity index is 521. The molecule has 2 rings (SSSR count). The van der Waals surface area contributed by atoms with Crippen LogP contribution in [0, 0.1) is 11.7 Å². The lowest BCUT2D eigenvalue weighted by Crippen LogP contribution is -2.48. The molecule has 6 heteroatoms. The summed E-state index contributed by atoms with van der Waals surface area (Å²) in [6, 6.07) is 5.64. The molecule has 20 heavy (non-hydrogen) atoms. The molecule has 1 atom stereocenters. The first-order chi connectivity index (χ1) is 9.50. The molecule has 0 spiro atoms. The number of carboxylic acids is 1. The molecule has 1 aliphatic heterocycles. The van der Waals surface area contributed by atoms with Crippen molar-refractivity contribution in [1.82, 2.24) is 4.90 Å². The van der Waals surface area contributed by atoms with Gasteiger partial charge in [-0.3, -0.25) is 9.69 Å². The highest BCUT2D eigenvalue weighted by molar-refractivity contribution is 5.92. The van der Waals surface area contributed by atoms with Crippen LogP contribution in [0.1, 0.15) is 12.8 Å². The zero-order valence-electron chi connectivity index (χ0n) is 11.3. The molecule has 0 bridgehead atoms. The molecule has 1 saturated heterocycles. The third kappa shape index (κ3) is 2.89. The van der Waals surface area contributed by atoms with E-state index in [1.807, 2.05) is 0 Å². The Morgan fingerprint density at radius 2 is 2.10 bits per heavy atom. The van der Waals surface area contributed by atoms with E-state index in [9.17, 15) is 14.0 Å². The number of halogens is 1. The van der Waals surface area contributed by atoms with E-state index in [0.717, 1.165) is 0 Å². The van der Waals surface area contributed by atoms with Crippen molar-refractivity contribution in [2.75, 3.05) is 25.0 Å². The monoisotopic (exact) mass is 280 g/mol. The lowest BCUT2D eigenvalue weighted by atomic mass is 9.99. The van der Waals surface area contributed by atoms with E-state index in [0.29, 0.717) is 19.4 Å². The molecule has 5 nitrogen and oxygen atoms in total. The third-order valence-corrected chi connectivity index (χ3v) is 3.54. The maximum absolute atomic E-state index is 13.7. The average molecular weight is 280 g/mol. The van der Waals surface area contributed by atoms with Crippen molar-refractivity contribution in [3.05, 3.63) is 30.1 Å². The van der Waals surface area contributed by atoms with E-state index in [-0.39, 0.29) is 18.3 Å². The molecule has 0 aliphatic carbocycles. The Kier molecular flexibility index (Phi) is 4.22. The Morgan fingerprint density at radius 1 is 1.40 bits per heavy atom. The molecular formula is C14H17FN2O3. The number of hydrogen-bond acceptors (Lipinski definition) is 2. The number of para-hydroxylation sites is 1. The number of urea groups is 1. The van der Waals surface area contributed by atoms with Gasteiger partial charge in [0.05, 0.1) is 11.6 Å². The number of rotatable bonds is 2. The van der Waals surface area contributed by atoms with Gasteiger partial charge in [-0.25, -0.2) is 9.18 Å². The molecule has 1 N–H and O–H groups in total. The van der Waals surface area contributed by atoms with Gasteiger partial charge in [0.25, 0.3) is 0 Å². The zero-order valence-corrected chi connectivity index (χ0v) is 11.3. The summed E-state index contributed by atoms with van der Waals surface area (Å²) in [6.45, 7) is 0.675. The van der Waals surface area contributed by atoms with E-state index in [1.165, 1.54) is 29.0 Å². The maximum Gasteiger partial charge on any atom is 0.324 e. The molecule has 1 aromatic rings. The standard InChI is InChI=1S/C14H17FN2O3/c1-16(12-7-3-2-6-11(12)15)14(20)17-8-4-5-10(9-17)13(18)19/h2-3,6-7,10H,4-5,8-9H2,1H3,(H,18,19)/t10-/m0/s1. The topological polar surface area (TPSA) is 60.9 Å². The summed E-state index contributed by atoms with van der Waals surface area (Å²) in [5.41, 5.74) is 0.190. The number of aliphatic carboxylic acids is 1. The normalized spacial score (nSPS) is 18.7. The second kappa shape index (κ2) is 5.90. The van der Waals surface area contributed by atoms with Gasteiger partial charge in [-0.2, -0.15) is 0 Å². The first kappa shape index (κ1) is 14.3. The summed E-state index contributed by atoms with van der Waals surface area (Å²) >= 11 is 0. The van der Waals surface area contributed by atoms with Crippen LogP contribution in [0.3, 0.4) is 0 Å². The lowest BCUT2D eigenvalue weighted by molar-refractivity contribution is -0.143. The second-order valence-corrected chi connectivity index (χ2v) is 4.92. The van der Waals surface area contributed by atoms with Crippen LogP contribution in [0.25, 0.3) is 0 Å². The number of amides is 2. The first-order valence-corrected chi connectivity index (χ1v) is 6.50. The van der Waals surface area contributed by atoms with Gasteiger partial charge in [0.2, 0.25) is 0 Å². The van der Waals surface area contributed by atoms with Crippen molar-refractivity contribution >= 4 is 17.7 Å². The highest BCUT2D eigenvalue weighted by Crippen LogP contribution is 2.22. The fraction of sp³-hybridized carbons (Fsp3) is 0.429. The summed E-state index contributed by atoms with van der Waals surface area (Å²) in [5, 5.41) is 9.03. The molecule has 1 fully saturated rings. The van der Waals surface area contributed by atoms with E-state index in [2.05, 4.69) is 0 Å². The largest absolute Gasteiger partial charge is 0.481 e. The summed E-state index contributed by atoms with van der Waals surface area (Å²) < 4.78 is 13.7. The quantitative estimate of drug-likeness (QED) is 0.903. The van der Waals surface area contributed by atoms with Gasteiger partial charge >= 0.3 is 12.0 Å². The third-order valence-electron chi connectivity index (χ3n) is 3.54. The van der Waals surface area contributed by atoms with Gasteiger partial charge in [0.1, 0.15) is 5.82 Å². The number of carbonyl (C=O) groups is 2. The van der Waals surface area contributed by atoms with Crippen LogP contribution in [-0.2, 0) is 4.79 Å². The molecule has 1 aliphatic rings. The van der Waals surface area contributed by atoms with Gasteiger partial charge in [-0.05, 0) is 25.0 Å². The number of benzene rings is 1. The second-order valence-electron chi connectivity index (χ2n) is 4.92. The molecular weight excluding hydrogens is 263 g/mol. The van der Waals surface area contributed by atoms with Crippen LogP contribution >= 0.6 is 0 Å². The van der Waals surface area contributed by atoms with Crippen molar-refractivity contribution in [2.24, 2.45) is 5.92 Å². The van der Waals surface area contributed by atoms with E-state index in [4.69, 9.17) is 5.11 Å². The molecule has 108 valence electrons. The van der Waals surface area contributed by atoms with Crippen LogP contribution in [-0.4, -0.2) is 42.1 Å². The van der Waals surface area contributed by atoms with Crippen molar-refractivity contribution in [1.29, 1.82) is 0 Å². The lowest BCUT2D eigenvalue weighted by Gasteiger charge is -2.33. The number of nitrogens with zero attached hydrogens (tertiary/aromatic N) is 2. The van der Waals surface area contributed by atoms with Gasteiger partial charge in [0.15, 0.2) is 0 Å². The number of hydrogen-bond donors (Lipinski definition) is 1. The smallest absolute Gasteiger partial charge is 0.324 e. The molecule has 0 aromatic heterocycles. The highest BCUT2D eigenvalue weighted by atomic mass is 19.1. The summed E-state index contributed by atoms with van der Waals surface area (Å²) in [4.78, 5) is 26.0. The van der Waals surface area contributed by atoms with Crippen LogP contribution in [0.15, 0.2) is 24.3 Å². The fourth-order valence-corrected chi connectivity index (χ4v) is 2.39. The molecule has 2 amide bonds. The highest BCUT2D eigenvalue weighted by Gasteiger charge is 2.30. The molecule has 1 heterocycles. The Labute approximate surface area is 116 Å². The summed E-state index contributed by atoms with van der Waals surface area (Å²) in [6.07, 6.45) is 1.22. The van der Waals surface area contributed by atoms with Crippen LogP contribution in [0.2, 0.25) is 0 Å². The van der Waals surface area contributed by atoms with Gasteiger partial charge in [0, 0.05) is 20.1 Å². The van der Waals surface area contributed by atoms with Crippen molar-refractivity contribution in [3.8, 4) is 0 Å². The van der Waals surface area contributed by atoms with Crippen LogP contribution < -0.4 is 4.90 Å². The van der Waals surface area contributed by atoms with E-state index in [1.54, 1.807) is 12.1 Å². The SMILES string of the molecule is CN(C(=O)N1CCC[C@H](C(=O)O)C1)c1ccccc1F. The molecule has 0 radical (unpaired) electrons. The average Bonchev–Trinajstić information content (AvgIpc) is 2.46. The number of piperidine rings is 1. The molecule has 1 aromatic carbocycles. The number of carboxylic acid groups (broad SMARTS) is 1. The summed E-state index contributed by atoms with van der Waals surface area (Å²) in [5.74, 6) is -1.91. The molecule has 0 unspecified atom stereocenters. The Hall–Kier alpha value is -2.11.